The van der Waals surface area contributed by atoms with E-state index in [-0.39, 0.29) is 24.0 Å². The molecule has 7 heteroatoms. The van der Waals surface area contributed by atoms with Crippen LogP contribution in [0.15, 0.2) is 47.5 Å². The number of ether oxygens (including phenoxy) is 2. The number of hydrogen-bond acceptors (Lipinski definition) is 4. The van der Waals surface area contributed by atoms with Gasteiger partial charge < -0.3 is 20.5 Å². The number of nitrogens with one attached hydrogen (secondary N) is 1. The maximum absolute atomic E-state index is 6.11. The summed E-state index contributed by atoms with van der Waals surface area (Å²) in [6.45, 7) is 13.0. The van der Waals surface area contributed by atoms with Gasteiger partial charge in [-0.1, -0.05) is 38.1 Å². The van der Waals surface area contributed by atoms with Crippen molar-refractivity contribution in [3.8, 4) is 11.5 Å². The molecular weight excluding hydrogens is 491 g/mol. The van der Waals surface area contributed by atoms with Crippen LogP contribution in [0.4, 0.5) is 5.69 Å². The smallest absolute Gasteiger partial charge is 0.193 e. The molecule has 0 radical (unpaired) electrons. The topological polar surface area (TPSA) is 72.1 Å². The van der Waals surface area contributed by atoms with E-state index < -0.39 is 0 Å². The molecule has 0 saturated heterocycles. The minimum absolute atomic E-state index is 0. The molecule has 0 spiro atoms. The molecule has 0 aromatic heterocycles. The molecule has 30 heavy (non-hydrogen) atoms. The largest absolute Gasteiger partial charge is 0.494 e. The molecule has 0 unspecified atom stereocenters. The van der Waals surface area contributed by atoms with Crippen molar-refractivity contribution in [1.29, 1.82) is 0 Å². The van der Waals surface area contributed by atoms with Crippen molar-refractivity contribution in [2.45, 2.75) is 40.8 Å². The molecule has 2 aromatic carbocycles. The van der Waals surface area contributed by atoms with E-state index in [4.69, 9.17) is 15.2 Å². The molecule has 0 heterocycles. The maximum Gasteiger partial charge on any atom is 0.193 e. The fourth-order valence-corrected chi connectivity index (χ4v) is 2.95. The van der Waals surface area contributed by atoms with Crippen LogP contribution in [0.1, 0.15) is 38.8 Å². The average Bonchev–Trinajstić information content (AvgIpc) is 2.73. The molecule has 0 aliphatic heterocycles. The van der Waals surface area contributed by atoms with Gasteiger partial charge in [0.25, 0.3) is 0 Å². The summed E-state index contributed by atoms with van der Waals surface area (Å²) < 4.78 is 11.2. The summed E-state index contributed by atoms with van der Waals surface area (Å²) in [5.74, 6) is 1.82. The van der Waals surface area contributed by atoms with Gasteiger partial charge in [-0.2, -0.15) is 0 Å². The lowest BCUT2D eigenvalue weighted by Crippen LogP contribution is -2.23. The quantitative estimate of drug-likeness (QED) is 0.248. The normalized spacial score (nSPS) is 11.2. The van der Waals surface area contributed by atoms with E-state index in [9.17, 15) is 0 Å². The van der Waals surface area contributed by atoms with Gasteiger partial charge in [0.05, 0.1) is 25.4 Å². The molecule has 6 nitrogen and oxygen atoms in total. The van der Waals surface area contributed by atoms with Crippen LogP contribution >= 0.6 is 24.0 Å². The molecule has 0 amide bonds. The Hall–Kier alpha value is -2.00. The van der Waals surface area contributed by atoms with Crippen LogP contribution in [0.3, 0.4) is 0 Å². The Labute approximate surface area is 197 Å². The first kappa shape index (κ1) is 26.0. The highest BCUT2D eigenvalue weighted by Gasteiger charge is 2.07. The van der Waals surface area contributed by atoms with Gasteiger partial charge in [0.1, 0.15) is 11.5 Å². The first-order valence-corrected chi connectivity index (χ1v) is 10.4. The zero-order chi connectivity index (χ0) is 21.1. The van der Waals surface area contributed by atoms with Crippen molar-refractivity contribution < 1.29 is 9.47 Å². The number of halogens is 1. The minimum atomic E-state index is 0. The second-order valence-electron chi connectivity index (χ2n) is 6.63. The summed E-state index contributed by atoms with van der Waals surface area (Å²) in [5.41, 5.74) is 9.28. The number of nitrogens with two attached hydrogens (primary N) is 1. The molecule has 3 N–H and O–H groups in total. The number of hydrogen-bond donors (Lipinski definition) is 2. The van der Waals surface area contributed by atoms with E-state index in [1.807, 2.05) is 32.0 Å². The van der Waals surface area contributed by atoms with E-state index in [0.29, 0.717) is 25.7 Å². The third-order valence-corrected chi connectivity index (χ3v) is 4.58. The summed E-state index contributed by atoms with van der Waals surface area (Å²) in [5, 5.41) is 3.13. The summed E-state index contributed by atoms with van der Waals surface area (Å²) in [7, 11) is 0. The number of guanidine groups is 1. The second-order valence-corrected chi connectivity index (χ2v) is 6.63. The van der Waals surface area contributed by atoms with Gasteiger partial charge in [-0.25, -0.2) is 4.99 Å². The predicted octanol–water partition coefficient (Wildman–Crippen LogP) is 4.87. The average molecular weight is 526 g/mol. The van der Waals surface area contributed by atoms with Gasteiger partial charge in [-0.05, 0) is 50.2 Å². The van der Waals surface area contributed by atoms with Gasteiger partial charge >= 0.3 is 0 Å². The van der Waals surface area contributed by atoms with E-state index >= 15 is 0 Å². The third-order valence-electron chi connectivity index (χ3n) is 4.58. The van der Waals surface area contributed by atoms with E-state index in [0.717, 1.165) is 42.4 Å². The second kappa shape index (κ2) is 14.1. The van der Waals surface area contributed by atoms with Gasteiger partial charge in [0.15, 0.2) is 5.96 Å². The Morgan fingerprint density at radius 1 is 0.933 bits per heavy atom. The highest BCUT2D eigenvalue weighted by Crippen LogP contribution is 2.29. The van der Waals surface area contributed by atoms with E-state index in [2.05, 4.69) is 53.3 Å². The lowest BCUT2D eigenvalue weighted by atomic mass is 10.1. The fourth-order valence-electron chi connectivity index (χ4n) is 2.95. The molecule has 2 aromatic rings. The van der Waals surface area contributed by atoms with Crippen LogP contribution < -0.4 is 20.5 Å². The standard InChI is InChI=1S/C23H34N4O2.HI/c1-5-27(6-2)17-19-11-9-18(10-12-19)16-25-23(24)26-21-15-20(28-7-3)13-14-22(21)29-8-4;/h9-15H,5-8,16-17H2,1-4H3,(H3,24,25,26);1H. The number of rotatable bonds is 11. The molecule has 0 atom stereocenters. The highest BCUT2D eigenvalue weighted by molar-refractivity contribution is 14.0. The molecule has 0 saturated carbocycles. The van der Waals surface area contributed by atoms with Crippen LogP contribution in [0.5, 0.6) is 11.5 Å². The number of aliphatic imine (C=N–C) groups is 1. The first-order chi connectivity index (χ1) is 14.1. The predicted molar refractivity (Wildman–Crippen MR) is 136 cm³/mol. The molecule has 2 rings (SSSR count). The van der Waals surface area contributed by atoms with Crippen molar-refractivity contribution in [2.24, 2.45) is 10.7 Å². The van der Waals surface area contributed by atoms with Crippen molar-refractivity contribution in [2.75, 3.05) is 31.6 Å². The molecule has 166 valence electrons. The van der Waals surface area contributed by atoms with Gasteiger partial charge in [-0.15, -0.1) is 24.0 Å². The summed E-state index contributed by atoms with van der Waals surface area (Å²) in [6.07, 6.45) is 0. The zero-order valence-corrected chi connectivity index (χ0v) is 20.8. The lowest BCUT2D eigenvalue weighted by molar-refractivity contribution is 0.296. The maximum atomic E-state index is 6.11. The molecular formula is C23H35IN4O2. The number of anilines is 1. The van der Waals surface area contributed by atoms with Crippen LogP contribution in [-0.4, -0.2) is 37.2 Å². The third kappa shape index (κ3) is 8.39. The van der Waals surface area contributed by atoms with Crippen molar-refractivity contribution >= 4 is 35.6 Å². The molecule has 0 bridgehead atoms. The van der Waals surface area contributed by atoms with Crippen LogP contribution in [0, 0.1) is 0 Å². The van der Waals surface area contributed by atoms with E-state index in [1.165, 1.54) is 5.56 Å². The monoisotopic (exact) mass is 526 g/mol. The SMILES string of the molecule is CCOc1ccc(OCC)c(NC(N)=NCc2ccc(CN(CC)CC)cc2)c1.I. The van der Waals surface area contributed by atoms with Crippen LogP contribution in [0.2, 0.25) is 0 Å². The minimum Gasteiger partial charge on any atom is -0.494 e. The Balaban J connectivity index is 0.00000450. The van der Waals surface area contributed by atoms with Crippen molar-refractivity contribution in [3.63, 3.8) is 0 Å². The lowest BCUT2D eigenvalue weighted by Gasteiger charge is -2.18. The van der Waals surface area contributed by atoms with Crippen molar-refractivity contribution in [3.05, 3.63) is 53.6 Å². The van der Waals surface area contributed by atoms with Crippen LogP contribution in [-0.2, 0) is 13.1 Å². The molecule has 0 fully saturated rings. The number of nitrogens with zero attached hydrogens (tertiary/aromatic N) is 2. The Morgan fingerprint density at radius 2 is 1.57 bits per heavy atom. The summed E-state index contributed by atoms with van der Waals surface area (Å²) in [6, 6.07) is 14.2. The van der Waals surface area contributed by atoms with Crippen molar-refractivity contribution in [1.82, 2.24) is 4.90 Å². The van der Waals surface area contributed by atoms with Gasteiger partial charge in [-0.3, -0.25) is 4.90 Å². The van der Waals surface area contributed by atoms with E-state index in [1.54, 1.807) is 0 Å². The highest BCUT2D eigenvalue weighted by atomic mass is 127. The summed E-state index contributed by atoms with van der Waals surface area (Å²) >= 11 is 0. The first-order valence-electron chi connectivity index (χ1n) is 10.4. The Bertz CT molecular complexity index is 777. The Morgan fingerprint density at radius 3 is 2.17 bits per heavy atom. The van der Waals surface area contributed by atoms with Crippen LogP contribution in [0.25, 0.3) is 0 Å². The fraction of sp³-hybridized carbons (Fsp3) is 0.435. The Kier molecular flexibility index (Phi) is 12.2. The van der Waals surface area contributed by atoms with Gasteiger partial charge in [0.2, 0.25) is 0 Å². The number of benzene rings is 2. The summed E-state index contributed by atoms with van der Waals surface area (Å²) in [4.78, 5) is 6.86. The van der Waals surface area contributed by atoms with Gasteiger partial charge in [0, 0.05) is 12.6 Å². The zero-order valence-electron chi connectivity index (χ0n) is 18.5. The molecule has 0 aliphatic carbocycles. The molecule has 0 aliphatic rings.